The lowest BCUT2D eigenvalue weighted by Gasteiger charge is -2.13. The van der Waals surface area contributed by atoms with E-state index in [1.807, 2.05) is 19.3 Å². The maximum atomic E-state index is 5.12. The molecule has 0 bridgehead atoms. The molecule has 0 saturated carbocycles. The van der Waals surface area contributed by atoms with Crippen LogP contribution in [0.1, 0.15) is 30.9 Å². The van der Waals surface area contributed by atoms with Crippen molar-refractivity contribution in [3.63, 3.8) is 0 Å². The monoisotopic (exact) mass is 279 g/mol. The van der Waals surface area contributed by atoms with Crippen molar-refractivity contribution in [2.75, 3.05) is 7.11 Å². The molecule has 7 heteroatoms. The zero-order valence-corrected chi connectivity index (χ0v) is 12.2. The van der Waals surface area contributed by atoms with Crippen molar-refractivity contribution in [1.29, 1.82) is 0 Å². The van der Waals surface area contributed by atoms with Crippen LogP contribution in [-0.2, 0) is 24.4 Å². The molecule has 0 saturated heterocycles. The van der Waals surface area contributed by atoms with Gasteiger partial charge < -0.3 is 19.1 Å². The van der Waals surface area contributed by atoms with Crippen molar-refractivity contribution in [3.05, 3.63) is 29.9 Å². The number of nitrogens with zero attached hydrogens (tertiary/aromatic N) is 4. The van der Waals surface area contributed by atoms with E-state index in [2.05, 4.69) is 31.9 Å². The molecule has 2 rings (SSSR count). The first-order valence-corrected chi connectivity index (χ1v) is 6.70. The quantitative estimate of drug-likeness (QED) is 0.784. The number of rotatable bonds is 8. The smallest absolute Gasteiger partial charge is 0.240 e. The highest BCUT2D eigenvalue weighted by Crippen LogP contribution is 2.02. The SMILES string of the molecule is COCc1noc(CNC(C)CCn2ccnc2C)n1. The molecule has 0 aliphatic rings. The normalized spacial score (nSPS) is 12.8. The van der Waals surface area contributed by atoms with Crippen LogP contribution in [0.5, 0.6) is 0 Å². The maximum absolute atomic E-state index is 5.12. The highest BCUT2D eigenvalue weighted by molar-refractivity contribution is 4.89. The van der Waals surface area contributed by atoms with Gasteiger partial charge in [-0.25, -0.2) is 4.98 Å². The lowest BCUT2D eigenvalue weighted by Crippen LogP contribution is -2.27. The average molecular weight is 279 g/mol. The van der Waals surface area contributed by atoms with Crippen LogP contribution in [0, 0.1) is 6.92 Å². The summed E-state index contributed by atoms with van der Waals surface area (Å²) in [6.07, 6.45) is 4.83. The summed E-state index contributed by atoms with van der Waals surface area (Å²) < 4.78 is 12.2. The van der Waals surface area contributed by atoms with Crippen molar-refractivity contribution in [2.45, 2.75) is 46.0 Å². The van der Waals surface area contributed by atoms with Gasteiger partial charge in [0.15, 0.2) is 5.82 Å². The highest BCUT2D eigenvalue weighted by Gasteiger charge is 2.08. The number of methoxy groups -OCH3 is 1. The minimum Gasteiger partial charge on any atom is -0.377 e. The van der Waals surface area contributed by atoms with Crippen LogP contribution in [0.15, 0.2) is 16.9 Å². The second-order valence-electron chi connectivity index (χ2n) is 4.78. The van der Waals surface area contributed by atoms with Gasteiger partial charge in [-0.15, -0.1) is 0 Å². The summed E-state index contributed by atoms with van der Waals surface area (Å²) in [5, 5.41) is 7.18. The van der Waals surface area contributed by atoms with E-state index in [-0.39, 0.29) is 0 Å². The summed E-state index contributed by atoms with van der Waals surface area (Å²) in [5.41, 5.74) is 0. The van der Waals surface area contributed by atoms with Crippen molar-refractivity contribution in [2.24, 2.45) is 0 Å². The Morgan fingerprint density at radius 2 is 2.35 bits per heavy atom. The van der Waals surface area contributed by atoms with Crippen LogP contribution in [-0.4, -0.2) is 32.8 Å². The van der Waals surface area contributed by atoms with E-state index in [9.17, 15) is 0 Å². The minimum atomic E-state index is 0.356. The second-order valence-corrected chi connectivity index (χ2v) is 4.78. The third-order valence-corrected chi connectivity index (χ3v) is 3.11. The molecule has 2 heterocycles. The van der Waals surface area contributed by atoms with Gasteiger partial charge in [-0.05, 0) is 20.3 Å². The van der Waals surface area contributed by atoms with Gasteiger partial charge in [0.05, 0.1) is 6.54 Å². The van der Waals surface area contributed by atoms with E-state index in [0.717, 1.165) is 18.8 Å². The van der Waals surface area contributed by atoms with Crippen LogP contribution < -0.4 is 5.32 Å². The summed E-state index contributed by atoms with van der Waals surface area (Å²) in [7, 11) is 1.61. The van der Waals surface area contributed by atoms with Crippen LogP contribution in [0.2, 0.25) is 0 Å². The molecular weight excluding hydrogens is 258 g/mol. The van der Waals surface area contributed by atoms with Gasteiger partial charge in [0, 0.05) is 32.1 Å². The van der Waals surface area contributed by atoms with Crippen LogP contribution in [0.4, 0.5) is 0 Å². The Balaban J connectivity index is 1.71. The largest absolute Gasteiger partial charge is 0.377 e. The Morgan fingerprint density at radius 1 is 1.50 bits per heavy atom. The van der Waals surface area contributed by atoms with Gasteiger partial charge in [0.25, 0.3) is 0 Å². The molecule has 2 aromatic heterocycles. The minimum absolute atomic E-state index is 0.356. The average Bonchev–Trinajstić information content (AvgIpc) is 3.04. The van der Waals surface area contributed by atoms with Crippen molar-refractivity contribution < 1.29 is 9.26 Å². The van der Waals surface area contributed by atoms with Crippen molar-refractivity contribution >= 4 is 0 Å². The number of nitrogens with one attached hydrogen (secondary N) is 1. The number of hydrogen-bond acceptors (Lipinski definition) is 6. The molecule has 20 heavy (non-hydrogen) atoms. The summed E-state index contributed by atoms with van der Waals surface area (Å²) in [6.45, 7) is 6.03. The molecule has 0 amide bonds. The fraction of sp³-hybridized carbons (Fsp3) is 0.615. The van der Waals surface area contributed by atoms with Crippen molar-refractivity contribution in [1.82, 2.24) is 25.0 Å². The molecule has 0 spiro atoms. The fourth-order valence-corrected chi connectivity index (χ4v) is 1.89. The van der Waals surface area contributed by atoms with Gasteiger partial charge in [-0.1, -0.05) is 5.16 Å². The van der Waals surface area contributed by atoms with Crippen LogP contribution >= 0.6 is 0 Å². The number of imidazole rings is 1. The first-order chi connectivity index (χ1) is 9.69. The first kappa shape index (κ1) is 14.7. The lowest BCUT2D eigenvalue weighted by atomic mass is 10.2. The van der Waals surface area contributed by atoms with Gasteiger partial charge in [0.2, 0.25) is 5.89 Å². The molecule has 110 valence electrons. The van der Waals surface area contributed by atoms with E-state index in [4.69, 9.17) is 9.26 Å². The van der Waals surface area contributed by atoms with Gasteiger partial charge >= 0.3 is 0 Å². The fourth-order valence-electron chi connectivity index (χ4n) is 1.89. The Hall–Kier alpha value is -1.73. The number of hydrogen-bond donors (Lipinski definition) is 1. The highest BCUT2D eigenvalue weighted by atomic mass is 16.5. The van der Waals surface area contributed by atoms with E-state index in [0.29, 0.717) is 30.9 Å². The third kappa shape index (κ3) is 4.14. The van der Waals surface area contributed by atoms with Crippen molar-refractivity contribution in [3.8, 4) is 0 Å². The van der Waals surface area contributed by atoms with Gasteiger partial charge in [0.1, 0.15) is 12.4 Å². The standard InChI is InChI=1S/C13H21N5O2/c1-10(4-6-18-7-5-14-11(18)2)15-8-13-16-12(9-19-3)17-20-13/h5,7,10,15H,4,6,8-9H2,1-3H3. The molecule has 2 aromatic rings. The van der Waals surface area contributed by atoms with Crippen LogP contribution in [0.25, 0.3) is 0 Å². The topological polar surface area (TPSA) is 78.0 Å². The Bertz CT molecular complexity index is 522. The zero-order valence-electron chi connectivity index (χ0n) is 12.2. The molecule has 0 radical (unpaired) electrons. The zero-order chi connectivity index (χ0) is 14.4. The maximum Gasteiger partial charge on any atom is 0.240 e. The van der Waals surface area contributed by atoms with E-state index < -0.39 is 0 Å². The molecule has 1 unspecified atom stereocenters. The first-order valence-electron chi connectivity index (χ1n) is 6.70. The molecular formula is C13H21N5O2. The molecule has 0 aromatic carbocycles. The molecule has 0 aliphatic carbocycles. The predicted octanol–water partition coefficient (Wildman–Crippen LogP) is 1.29. The summed E-state index contributed by atoms with van der Waals surface area (Å²) >= 11 is 0. The number of aromatic nitrogens is 4. The van der Waals surface area contributed by atoms with E-state index >= 15 is 0 Å². The molecule has 1 atom stereocenters. The Morgan fingerprint density at radius 3 is 3.05 bits per heavy atom. The van der Waals surface area contributed by atoms with Gasteiger partial charge in [-0.2, -0.15) is 4.98 Å². The molecule has 0 fully saturated rings. The lowest BCUT2D eigenvalue weighted by molar-refractivity contribution is 0.174. The second kappa shape index (κ2) is 7.16. The van der Waals surface area contributed by atoms with Gasteiger partial charge in [-0.3, -0.25) is 0 Å². The van der Waals surface area contributed by atoms with Crippen LogP contribution in [0.3, 0.4) is 0 Å². The Labute approximate surface area is 118 Å². The summed E-state index contributed by atoms with van der Waals surface area (Å²) in [4.78, 5) is 8.42. The molecule has 7 nitrogen and oxygen atoms in total. The summed E-state index contributed by atoms with van der Waals surface area (Å²) in [5.74, 6) is 2.20. The third-order valence-electron chi connectivity index (χ3n) is 3.11. The number of ether oxygens (including phenoxy) is 1. The molecule has 1 N–H and O–H groups in total. The van der Waals surface area contributed by atoms with E-state index in [1.54, 1.807) is 7.11 Å². The number of aryl methyl sites for hydroxylation is 2. The molecule has 0 aliphatic heterocycles. The summed E-state index contributed by atoms with van der Waals surface area (Å²) in [6, 6.07) is 0.356. The predicted molar refractivity (Wildman–Crippen MR) is 72.9 cm³/mol. The Kier molecular flexibility index (Phi) is 5.25. The van der Waals surface area contributed by atoms with E-state index in [1.165, 1.54) is 0 Å².